The summed E-state index contributed by atoms with van der Waals surface area (Å²) < 4.78 is 0. The van der Waals surface area contributed by atoms with Crippen molar-refractivity contribution in [3.8, 4) is 0 Å². The van der Waals surface area contributed by atoms with Crippen LogP contribution in [-0.4, -0.2) is 25.4 Å². The summed E-state index contributed by atoms with van der Waals surface area (Å²) in [6.07, 6.45) is 0. The normalized spacial score (nSPS) is 10.6. The van der Waals surface area contributed by atoms with E-state index in [2.05, 4.69) is 34.9 Å². The van der Waals surface area contributed by atoms with Crippen LogP contribution in [0.4, 0.5) is 17.1 Å². The monoisotopic (exact) mass is 415 g/mol. The van der Waals surface area contributed by atoms with E-state index in [-0.39, 0.29) is 18.4 Å². The van der Waals surface area contributed by atoms with E-state index in [1.54, 1.807) is 30.3 Å². The molecule has 5 nitrogen and oxygen atoms in total. The number of carbonyl (C=O) groups is 2. The minimum atomic E-state index is -0.140. The zero-order valence-corrected chi connectivity index (χ0v) is 17.3. The Kier molecular flexibility index (Phi) is 5.77. The lowest BCUT2D eigenvalue weighted by Gasteiger charge is -2.19. The van der Waals surface area contributed by atoms with Crippen molar-refractivity contribution in [2.45, 2.75) is 0 Å². The van der Waals surface area contributed by atoms with Gasteiger partial charge in [-0.05, 0) is 58.6 Å². The number of hydrogen-bond acceptors (Lipinski definition) is 4. The lowest BCUT2D eigenvalue weighted by Crippen LogP contribution is -2.30. The quantitative estimate of drug-likeness (QED) is 0.453. The molecule has 0 unspecified atom stereocenters. The number of hydrogen-bond donors (Lipinski definition) is 2. The van der Waals surface area contributed by atoms with Crippen LogP contribution >= 0.6 is 11.3 Å². The van der Waals surface area contributed by atoms with E-state index >= 15 is 0 Å². The molecule has 6 heteroatoms. The third-order valence-corrected chi connectivity index (χ3v) is 5.59. The summed E-state index contributed by atoms with van der Waals surface area (Å²) in [5.74, 6) is -0.250. The molecule has 1 heterocycles. The largest absolute Gasteiger partial charge is 0.365 e. The molecule has 0 aliphatic carbocycles. The van der Waals surface area contributed by atoms with Gasteiger partial charge in [-0.2, -0.15) is 0 Å². The Bertz CT molecular complexity index is 1170. The zero-order chi connectivity index (χ0) is 20.9. The zero-order valence-electron chi connectivity index (χ0n) is 16.5. The van der Waals surface area contributed by atoms with Gasteiger partial charge in [-0.25, -0.2) is 0 Å². The van der Waals surface area contributed by atoms with E-state index in [0.717, 1.165) is 11.1 Å². The highest BCUT2D eigenvalue weighted by Gasteiger charge is 2.10. The number of carbonyl (C=O) groups excluding carboxylic acids is 2. The third-order valence-electron chi connectivity index (χ3n) is 4.73. The standard InChI is InChI=1S/C24H21N3O2S/c1-27(21-13-8-17-5-2-3-6-18(17)15-21)16-23(28)25-19-9-11-20(12-10-19)26-24(29)22-7-4-14-30-22/h2-15H,16H2,1H3,(H,25,28)(H,26,29). The number of likely N-dealkylation sites (N-methyl/N-ethyl adjacent to an activating group) is 1. The Morgan fingerprint density at radius 1 is 0.833 bits per heavy atom. The minimum Gasteiger partial charge on any atom is -0.365 e. The summed E-state index contributed by atoms with van der Waals surface area (Å²) in [6, 6.07) is 25.0. The molecule has 1 aromatic heterocycles. The first-order chi connectivity index (χ1) is 14.6. The highest BCUT2D eigenvalue weighted by molar-refractivity contribution is 7.12. The second kappa shape index (κ2) is 8.80. The summed E-state index contributed by atoms with van der Waals surface area (Å²) in [7, 11) is 1.90. The van der Waals surface area contributed by atoms with Crippen molar-refractivity contribution in [3.63, 3.8) is 0 Å². The van der Waals surface area contributed by atoms with Crippen LogP contribution in [-0.2, 0) is 4.79 Å². The summed E-state index contributed by atoms with van der Waals surface area (Å²) in [5, 5.41) is 9.92. The molecule has 150 valence electrons. The van der Waals surface area contributed by atoms with Gasteiger partial charge in [0.25, 0.3) is 5.91 Å². The van der Waals surface area contributed by atoms with Gasteiger partial charge in [0.1, 0.15) is 0 Å². The molecule has 30 heavy (non-hydrogen) atoms. The maximum atomic E-state index is 12.5. The van der Waals surface area contributed by atoms with Crippen LogP contribution in [0.15, 0.2) is 84.2 Å². The Hall–Kier alpha value is -3.64. The van der Waals surface area contributed by atoms with Crippen LogP contribution < -0.4 is 15.5 Å². The molecular formula is C24H21N3O2S. The van der Waals surface area contributed by atoms with Gasteiger partial charge in [0, 0.05) is 24.1 Å². The molecule has 0 saturated carbocycles. The van der Waals surface area contributed by atoms with E-state index in [1.807, 2.05) is 41.6 Å². The van der Waals surface area contributed by atoms with Crippen LogP contribution in [0, 0.1) is 0 Å². The molecule has 0 aliphatic heterocycles. The number of fused-ring (bicyclic) bond motifs is 1. The number of nitrogens with one attached hydrogen (secondary N) is 2. The molecule has 3 aromatic carbocycles. The number of benzene rings is 3. The predicted octanol–water partition coefficient (Wildman–Crippen LogP) is 5.23. The second-order valence-electron chi connectivity index (χ2n) is 6.94. The fourth-order valence-electron chi connectivity index (χ4n) is 3.16. The van der Waals surface area contributed by atoms with Crippen LogP contribution in [0.1, 0.15) is 9.67 Å². The first-order valence-corrected chi connectivity index (χ1v) is 10.4. The van der Waals surface area contributed by atoms with Crippen LogP contribution in [0.3, 0.4) is 0 Å². The van der Waals surface area contributed by atoms with Gasteiger partial charge >= 0.3 is 0 Å². The first kappa shape index (κ1) is 19.7. The maximum Gasteiger partial charge on any atom is 0.265 e. The van der Waals surface area contributed by atoms with E-state index in [0.29, 0.717) is 16.3 Å². The molecule has 0 bridgehead atoms. The van der Waals surface area contributed by atoms with Gasteiger partial charge in [-0.1, -0.05) is 36.4 Å². The Morgan fingerprint density at radius 3 is 2.23 bits per heavy atom. The molecular weight excluding hydrogens is 394 g/mol. The lowest BCUT2D eigenvalue weighted by molar-refractivity contribution is -0.114. The first-order valence-electron chi connectivity index (χ1n) is 9.53. The van der Waals surface area contributed by atoms with Crippen molar-refractivity contribution in [2.24, 2.45) is 0 Å². The number of nitrogens with zero attached hydrogens (tertiary/aromatic N) is 1. The molecule has 0 saturated heterocycles. The van der Waals surface area contributed by atoms with Gasteiger partial charge in [0.05, 0.1) is 11.4 Å². The van der Waals surface area contributed by atoms with E-state index in [1.165, 1.54) is 16.7 Å². The molecule has 0 fully saturated rings. The molecule has 0 radical (unpaired) electrons. The Balaban J connectivity index is 1.34. The maximum absolute atomic E-state index is 12.5. The lowest BCUT2D eigenvalue weighted by atomic mass is 10.1. The Labute approximate surface area is 179 Å². The fourth-order valence-corrected chi connectivity index (χ4v) is 3.78. The van der Waals surface area contributed by atoms with Gasteiger partial charge in [-0.15, -0.1) is 11.3 Å². The number of amides is 2. The van der Waals surface area contributed by atoms with E-state index < -0.39 is 0 Å². The van der Waals surface area contributed by atoms with Gasteiger partial charge in [0.2, 0.25) is 5.91 Å². The summed E-state index contributed by atoms with van der Waals surface area (Å²) in [6.45, 7) is 0.231. The van der Waals surface area contributed by atoms with Crippen molar-refractivity contribution in [2.75, 3.05) is 29.1 Å². The molecule has 0 atom stereocenters. The van der Waals surface area contributed by atoms with Crippen molar-refractivity contribution in [3.05, 3.63) is 89.1 Å². The summed E-state index contributed by atoms with van der Waals surface area (Å²) >= 11 is 1.39. The van der Waals surface area contributed by atoms with Crippen molar-refractivity contribution in [1.82, 2.24) is 0 Å². The van der Waals surface area contributed by atoms with Crippen molar-refractivity contribution < 1.29 is 9.59 Å². The van der Waals surface area contributed by atoms with Crippen LogP contribution in [0.2, 0.25) is 0 Å². The summed E-state index contributed by atoms with van der Waals surface area (Å²) in [4.78, 5) is 27.1. The molecule has 2 N–H and O–H groups in total. The topological polar surface area (TPSA) is 61.4 Å². The number of rotatable bonds is 6. The highest BCUT2D eigenvalue weighted by Crippen LogP contribution is 2.21. The molecule has 4 aromatic rings. The van der Waals surface area contributed by atoms with Gasteiger partial charge in [-0.3, -0.25) is 9.59 Å². The highest BCUT2D eigenvalue weighted by atomic mass is 32.1. The van der Waals surface area contributed by atoms with Crippen LogP contribution in [0.25, 0.3) is 10.8 Å². The van der Waals surface area contributed by atoms with Gasteiger partial charge < -0.3 is 15.5 Å². The third kappa shape index (κ3) is 4.67. The number of thiophene rings is 1. The molecule has 2 amide bonds. The SMILES string of the molecule is CN(CC(=O)Nc1ccc(NC(=O)c2cccs2)cc1)c1ccc2ccccc2c1. The van der Waals surface area contributed by atoms with Gasteiger partial charge in [0.15, 0.2) is 0 Å². The van der Waals surface area contributed by atoms with Crippen molar-refractivity contribution in [1.29, 1.82) is 0 Å². The van der Waals surface area contributed by atoms with E-state index in [9.17, 15) is 9.59 Å². The number of anilines is 3. The second-order valence-corrected chi connectivity index (χ2v) is 7.89. The average Bonchev–Trinajstić information content (AvgIpc) is 3.30. The fraction of sp³-hybridized carbons (Fsp3) is 0.0833. The summed E-state index contributed by atoms with van der Waals surface area (Å²) in [5.41, 5.74) is 2.34. The van der Waals surface area contributed by atoms with E-state index in [4.69, 9.17) is 0 Å². The molecule has 4 rings (SSSR count). The Morgan fingerprint density at radius 2 is 1.53 bits per heavy atom. The average molecular weight is 416 g/mol. The molecule has 0 aliphatic rings. The molecule has 0 spiro atoms. The van der Waals surface area contributed by atoms with Crippen LogP contribution in [0.5, 0.6) is 0 Å². The van der Waals surface area contributed by atoms with Crippen molar-refractivity contribution >= 4 is 51.0 Å². The smallest absolute Gasteiger partial charge is 0.265 e. The minimum absolute atomic E-state index is 0.110. The predicted molar refractivity (Wildman–Crippen MR) is 125 cm³/mol.